The van der Waals surface area contributed by atoms with Crippen LogP contribution in [0.5, 0.6) is 5.88 Å². The number of nitrogens with one attached hydrogen (secondary N) is 1. The van der Waals surface area contributed by atoms with Crippen molar-refractivity contribution >= 4 is 11.7 Å². The molecule has 2 aromatic rings. The first-order valence-corrected chi connectivity index (χ1v) is 7.66. The SMILES string of the molecule is Cc1cccc(NC(=O)c2ccc(OC3CCOCC3)nc2)n1. The minimum absolute atomic E-state index is 0.132. The van der Waals surface area contributed by atoms with Gasteiger partial charge in [0.15, 0.2) is 0 Å². The molecule has 6 nitrogen and oxygen atoms in total. The van der Waals surface area contributed by atoms with E-state index in [2.05, 4.69) is 15.3 Å². The summed E-state index contributed by atoms with van der Waals surface area (Å²) in [6.45, 7) is 3.31. The van der Waals surface area contributed by atoms with Gasteiger partial charge in [-0.05, 0) is 25.1 Å². The van der Waals surface area contributed by atoms with Crippen LogP contribution in [0, 0.1) is 6.92 Å². The second-order valence-corrected chi connectivity index (χ2v) is 5.43. The number of hydrogen-bond donors (Lipinski definition) is 1. The molecule has 1 fully saturated rings. The van der Waals surface area contributed by atoms with Gasteiger partial charge in [-0.1, -0.05) is 6.07 Å². The van der Waals surface area contributed by atoms with Crippen molar-refractivity contribution in [2.75, 3.05) is 18.5 Å². The third kappa shape index (κ3) is 4.26. The first kappa shape index (κ1) is 15.4. The van der Waals surface area contributed by atoms with E-state index < -0.39 is 0 Å². The second-order valence-electron chi connectivity index (χ2n) is 5.43. The van der Waals surface area contributed by atoms with Crippen molar-refractivity contribution in [2.24, 2.45) is 0 Å². The number of amides is 1. The molecule has 6 heteroatoms. The number of nitrogens with zero attached hydrogens (tertiary/aromatic N) is 2. The van der Waals surface area contributed by atoms with E-state index in [0.717, 1.165) is 18.5 Å². The fraction of sp³-hybridized carbons (Fsp3) is 0.353. The zero-order valence-electron chi connectivity index (χ0n) is 13.0. The Morgan fingerprint density at radius 3 is 2.78 bits per heavy atom. The maximum Gasteiger partial charge on any atom is 0.258 e. The van der Waals surface area contributed by atoms with Gasteiger partial charge >= 0.3 is 0 Å². The maximum atomic E-state index is 12.2. The molecule has 23 heavy (non-hydrogen) atoms. The molecule has 0 aliphatic carbocycles. The van der Waals surface area contributed by atoms with Gasteiger partial charge in [0.1, 0.15) is 11.9 Å². The molecule has 1 saturated heterocycles. The molecule has 3 heterocycles. The Morgan fingerprint density at radius 1 is 1.26 bits per heavy atom. The van der Waals surface area contributed by atoms with Crippen molar-refractivity contribution in [1.82, 2.24) is 9.97 Å². The minimum atomic E-state index is -0.242. The number of carbonyl (C=O) groups excluding carboxylic acids is 1. The van der Waals surface area contributed by atoms with Crippen molar-refractivity contribution in [3.8, 4) is 5.88 Å². The maximum absolute atomic E-state index is 12.2. The van der Waals surface area contributed by atoms with Crippen LogP contribution in [0.2, 0.25) is 0 Å². The standard InChI is InChI=1S/C17H19N3O3/c1-12-3-2-4-15(19-12)20-17(21)13-5-6-16(18-11-13)23-14-7-9-22-10-8-14/h2-6,11,14H,7-10H2,1H3,(H,19,20,21). The van der Waals surface area contributed by atoms with Crippen LogP contribution >= 0.6 is 0 Å². The fourth-order valence-corrected chi connectivity index (χ4v) is 2.35. The molecule has 0 aromatic carbocycles. The number of pyridine rings is 2. The van der Waals surface area contributed by atoms with E-state index in [1.807, 2.05) is 19.1 Å². The van der Waals surface area contributed by atoms with Crippen LogP contribution < -0.4 is 10.1 Å². The van der Waals surface area contributed by atoms with Crippen molar-refractivity contribution in [1.29, 1.82) is 0 Å². The van der Waals surface area contributed by atoms with Gasteiger partial charge in [-0.15, -0.1) is 0 Å². The molecule has 3 rings (SSSR count). The molecule has 0 atom stereocenters. The van der Waals surface area contributed by atoms with Crippen LogP contribution in [0.3, 0.4) is 0 Å². The Bertz CT molecular complexity index is 667. The third-order valence-electron chi connectivity index (χ3n) is 3.58. The van der Waals surface area contributed by atoms with Crippen LogP contribution in [0.4, 0.5) is 5.82 Å². The van der Waals surface area contributed by atoms with Gasteiger partial charge in [-0.25, -0.2) is 9.97 Å². The number of aromatic nitrogens is 2. The van der Waals surface area contributed by atoms with Gasteiger partial charge in [0, 0.05) is 30.8 Å². The summed E-state index contributed by atoms with van der Waals surface area (Å²) >= 11 is 0. The van der Waals surface area contributed by atoms with Crippen molar-refractivity contribution < 1.29 is 14.3 Å². The Hall–Kier alpha value is -2.47. The predicted molar refractivity (Wildman–Crippen MR) is 85.6 cm³/mol. The molecule has 0 spiro atoms. The number of anilines is 1. The quantitative estimate of drug-likeness (QED) is 0.939. The molecule has 1 aliphatic rings. The molecular formula is C17H19N3O3. The molecule has 2 aromatic heterocycles. The van der Waals surface area contributed by atoms with Gasteiger partial charge in [0.25, 0.3) is 5.91 Å². The number of hydrogen-bond acceptors (Lipinski definition) is 5. The average molecular weight is 313 g/mol. The van der Waals surface area contributed by atoms with E-state index in [4.69, 9.17) is 9.47 Å². The zero-order valence-corrected chi connectivity index (χ0v) is 13.0. The van der Waals surface area contributed by atoms with Gasteiger partial charge in [0.2, 0.25) is 5.88 Å². The van der Waals surface area contributed by atoms with Gasteiger partial charge < -0.3 is 14.8 Å². The first-order chi connectivity index (χ1) is 11.2. The monoisotopic (exact) mass is 313 g/mol. The molecule has 0 saturated carbocycles. The largest absolute Gasteiger partial charge is 0.474 e. The van der Waals surface area contributed by atoms with Gasteiger partial charge in [-0.2, -0.15) is 0 Å². The van der Waals surface area contributed by atoms with Gasteiger partial charge in [0.05, 0.1) is 18.8 Å². The number of rotatable bonds is 4. The van der Waals surface area contributed by atoms with Crippen LogP contribution in [0.25, 0.3) is 0 Å². The summed E-state index contributed by atoms with van der Waals surface area (Å²) in [5, 5.41) is 2.75. The lowest BCUT2D eigenvalue weighted by Gasteiger charge is -2.22. The summed E-state index contributed by atoms with van der Waals surface area (Å²) in [5.41, 5.74) is 1.31. The van der Waals surface area contributed by atoms with E-state index in [-0.39, 0.29) is 12.0 Å². The Morgan fingerprint density at radius 2 is 2.09 bits per heavy atom. The predicted octanol–water partition coefficient (Wildman–Crippen LogP) is 2.60. The van der Waals surface area contributed by atoms with Crippen molar-refractivity contribution in [3.63, 3.8) is 0 Å². The highest BCUT2D eigenvalue weighted by atomic mass is 16.5. The lowest BCUT2D eigenvalue weighted by Crippen LogP contribution is -2.26. The summed E-state index contributed by atoms with van der Waals surface area (Å²) in [5.74, 6) is 0.813. The molecule has 1 aliphatic heterocycles. The van der Waals surface area contributed by atoms with E-state index in [1.165, 1.54) is 6.20 Å². The van der Waals surface area contributed by atoms with Crippen LogP contribution in [0.15, 0.2) is 36.5 Å². The van der Waals surface area contributed by atoms with Crippen LogP contribution in [0.1, 0.15) is 28.9 Å². The van der Waals surface area contributed by atoms with Crippen molar-refractivity contribution in [2.45, 2.75) is 25.9 Å². The second kappa shape index (κ2) is 7.19. The molecule has 1 N–H and O–H groups in total. The summed E-state index contributed by atoms with van der Waals surface area (Å²) < 4.78 is 11.1. The lowest BCUT2D eigenvalue weighted by molar-refractivity contribution is 0.0237. The number of aryl methyl sites for hydroxylation is 1. The van der Waals surface area contributed by atoms with Crippen molar-refractivity contribution in [3.05, 3.63) is 47.8 Å². The summed E-state index contributed by atoms with van der Waals surface area (Å²) in [6, 6.07) is 8.89. The topological polar surface area (TPSA) is 73.3 Å². The van der Waals surface area contributed by atoms with E-state index in [0.29, 0.717) is 30.5 Å². The third-order valence-corrected chi connectivity index (χ3v) is 3.58. The normalized spacial score (nSPS) is 15.2. The molecule has 0 bridgehead atoms. The fourth-order valence-electron chi connectivity index (χ4n) is 2.35. The first-order valence-electron chi connectivity index (χ1n) is 7.66. The van der Waals surface area contributed by atoms with E-state index >= 15 is 0 Å². The Kier molecular flexibility index (Phi) is 4.83. The highest BCUT2D eigenvalue weighted by Gasteiger charge is 2.16. The molecule has 0 radical (unpaired) electrons. The summed E-state index contributed by atoms with van der Waals surface area (Å²) in [6.07, 6.45) is 3.37. The van der Waals surface area contributed by atoms with E-state index in [1.54, 1.807) is 18.2 Å². The number of ether oxygens (including phenoxy) is 2. The van der Waals surface area contributed by atoms with Crippen LogP contribution in [-0.2, 0) is 4.74 Å². The highest BCUT2D eigenvalue weighted by Crippen LogP contribution is 2.16. The average Bonchev–Trinajstić information content (AvgIpc) is 2.56. The lowest BCUT2D eigenvalue weighted by atomic mass is 10.1. The van der Waals surface area contributed by atoms with Crippen LogP contribution in [-0.4, -0.2) is 35.2 Å². The Balaban J connectivity index is 1.60. The minimum Gasteiger partial charge on any atom is -0.474 e. The zero-order chi connectivity index (χ0) is 16.1. The number of carbonyl (C=O) groups is 1. The summed E-state index contributed by atoms with van der Waals surface area (Å²) in [7, 11) is 0. The summed E-state index contributed by atoms with van der Waals surface area (Å²) in [4.78, 5) is 20.6. The smallest absolute Gasteiger partial charge is 0.258 e. The molecule has 1 amide bonds. The van der Waals surface area contributed by atoms with Gasteiger partial charge in [-0.3, -0.25) is 4.79 Å². The molecule has 120 valence electrons. The molecular weight excluding hydrogens is 294 g/mol. The van der Waals surface area contributed by atoms with E-state index in [9.17, 15) is 4.79 Å². The molecule has 0 unspecified atom stereocenters. The Labute approximate surface area is 134 Å². The highest BCUT2D eigenvalue weighted by molar-refractivity contribution is 6.03.